The van der Waals surface area contributed by atoms with E-state index in [1.165, 1.54) is 19.3 Å². The first kappa shape index (κ1) is 13.4. The Morgan fingerprint density at radius 2 is 2.33 bits per heavy atom. The minimum atomic E-state index is 0.529. The Balaban J connectivity index is 1.93. The van der Waals surface area contributed by atoms with Crippen LogP contribution in [0.25, 0.3) is 0 Å². The van der Waals surface area contributed by atoms with Gasteiger partial charge in [0.25, 0.3) is 0 Å². The number of methoxy groups -OCH3 is 1. The highest BCUT2D eigenvalue weighted by Gasteiger charge is 2.24. The number of nitrogens with zero attached hydrogens (tertiary/aromatic N) is 2. The van der Waals surface area contributed by atoms with E-state index in [1.54, 1.807) is 7.11 Å². The number of ether oxygens (including phenoxy) is 1. The van der Waals surface area contributed by atoms with E-state index >= 15 is 0 Å². The Morgan fingerprint density at radius 3 is 2.94 bits per heavy atom. The minimum absolute atomic E-state index is 0.529. The van der Waals surface area contributed by atoms with Gasteiger partial charge in [-0.2, -0.15) is 0 Å². The van der Waals surface area contributed by atoms with Crippen LogP contribution in [0.1, 0.15) is 38.3 Å². The van der Waals surface area contributed by atoms with Crippen molar-refractivity contribution in [3.63, 3.8) is 0 Å². The maximum Gasteiger partial charge on any atom is 0.203 e. The van der Waals surface area contributed by atoms with E-state index in [0.717, 1.165) is 37.1 Å². The molecular formula is C14H25N3O. The van der Waals surface area contributed by atoms with Crippen molar-refractivity contribution < 1.29 is 4.74 Å². The summed E-state index contributed by atoms with van der Waals surface area (Å²) >= 11 is 0. The zero-order valence-corrected chi connectivity index (χ0v) is 11.8. The Morgan fingerprint density at radius 1 is 1.56 bits per heavy atom. The zero-order valence-electron chi connectivity index (χ0n) is 11.8. The van der Waals surface area contributed by atoms with E-state index < -0.39 is 0 Å². The van der Waals surface area contributed by atoms with Crippen LogP contribution in [0.3, 0.4) is 0 Å². The molecule has 18 heavy (non-hydrogen) atoms. The fourth-order valence-electron chi connectivity index (χ4n) is 2.47. The molecule has 2 rings (SSSR count). The van der Waals surface area contributed by atoms with Gasteiger partial charge in [0.2, 0.25) is 5.95 Å². The van der Waals surface area contributed by atoms with Crippen LogP contribution in [-0.4, -0.2) is 29.3 Å². The summed E-state index contributed by atoms with van der Waals surface area (Å²) in [6.45, 7) is 6.09. The second-order valence-electron chi connectivity index (χ2n) is 5.37. The average Bonchev–Trinajstić information content (AvgIpc) is 2.56. The quantitative estimate of drug-likeness (QED) is 0.757. The smallest absolute Gasteiger partial charge is 0.203 e. The third-order valence-electron chi connectivity index (χ3n) is 3.86. The second kappa shape index (κ2) is 6.23. The summed E-state index contributed by atoms with van der Waals surface area (Å²) in [5.74, 6) is 1.84. The van der Waals surface area contributed by atoms with Crippen LogP contribution in [0.15, 0.2) is 6.20 Å². The van der Waals surface area contributed by atoms with Gasteiger partial charge in [-0.25, -0.2) is 4.98 Å². The molecule has 0 saturated heterocycles. The molecule has 0 aliphatic heterocycles. The van der Waals surface area contributed by atoms with Crippen molar-refractivity contribution in [2.24, 2.45) is 5.92 Å². The normalized spacial score (nSPS) is 17.5. The highest BCUT2D eigenvalue weighted by atomic mass is 16.5. The van der Waals surface area contributed by atoms with Gasteiger partial charge in [0, 0.05) is 32.5 Å². The highest BCUT2D eigenvalue weighted by molar-refractivity contribution is 5.30. The second-order valence-corrected chi connectivity index (χ2v) is 5.37. The van der Waals surface area contributed by atoms with Gasteiger partial charge >= 0.3 is 0 Å². The molecule has 0 radical (unpaired) electrons. The van der Waals surface area contributed by atoms with Crippen molar-refractivity contribution >= 4 is 5.95 Å². The molecule has 1 unspecified atom stereocenters. The Bertz CT molecular complexity index is 371. The van der Waals surface area contributed by atoms with E-state index in [4.69, 9.17) is 4.74 Å². The minimum Gasteiger partial charge on any atom is -0.385 e. The number of rotatable bonds is 7. The van der Waals surface area contributed by atoms with Crippen molar-refractivity contribution in [2.75, 3.05) is 19.0 Å². The van der Waals surface area contributed by atoms with Crippen LogP contribution >= 0.6 is 0 Å². The fraction of sp³-hybridized carbons (Fsp3) is 0.786. The number of aryl methyl sites for hydroxylation is 2. The summed E-state index contributed by atoms with van der Waals surface area (Å²) in [4.78, 5) is 4.58. The molecular weight excluding hydrogens is 226 g/mol. The third-order valence-corrected chi connectivity index (χ3v) is 3.86. The molecule has 0 amide bonds. The van der Waals surface area contributed by atoms with Crippen LogP contribution in [0.2, 0.25) is 0 Å². The topological polar surface area (TPSA) is 39.1 Å². The highest BCUT2D eigenvalue weighted by Crippen LogP contribution is 2.30. The maximum absolute atomic E-state index is 5.10. The summed E-state index contributed by atoms with van der Waals surface area (Å²) in [6.07, 6.45) is 7.25. The molecule has 1 saturated carbocycles. The molecule has 1 aromatic heterocycles. The number of hydrogen-bond acceptors (Lipinski definition) is 3. The molecule has 0 spiro atoms. The predicted molar refractivity (Wildman–Crippen MR) is 73.9 cm³/mol. The first-order valence-corrected chi connectivity index (χ1v) is 7.00. The van der Waals surface area contributed by atoms with Gasteiger partial charge in [0.05, 0.1) is 5.69 Å². The van der Waals surface area contributed by atoms with Gasteiger partial charge in [-0.05, 0) is 39.0 Å². The van der Waals surface area contributed by atoms with Gasteiger partial charge in [0.15, 0.2) is 0 Å². The molecule has 1 heterocycles. The first-order valence-electron chi connectivity index (χ1n) is 7.00. The van der Waals surface area contributed by atoms with Crippen molar-refractivity contribution in [1.82, 2.24) is 9.55 Å². The lowest BCUT2D eigenvalue weighted by Crippen LogP contribution is -2.31. The maximum atomic E-state index is 5.10. The number of aromatic nitrogens is 2. The number of hydrogen-bond donors (Lipinski definition) is 1. The summed E-state index contributed by atoms with van der Waals surface area (Å²) in [5, 5.41) is 3.57. The number of nitrogens with one attached hydrogen (secondary N) is 1. The van der Waals surface area contributed by atoms with Crippen molar-refractivity contribution in [3.05, 3.63) is 11.9 Å². The van der Waals surface area contributed by atoms with Gasteiger partial charge in [-0.1, -0.05) is 6.42 Å². The lowest BCUT2D eigenvalue weighted by atomic mass is 9.80. The van der Waals surface area contributed by atoms with Gasteiger partial charge in [0.1, 0.15) is 0 Å². The molecule has 1 N–H and O–H groups in total. The molecule has 1 fully saturated rings. The lowest BCUT2D eigenvalue weighted by Gasteiger charge is -2.32. The van der Waals surface area contributed by atoms with Crippen molar-refractivity contribution in [2.45, 2.75) is 52.1 Å². The van der Waals surface area contributed by atoms with Crippen molar-refractivity contribution in [3.8, 4) is 0 Å². The SMILES string of the molecule is COCCCn1cc(C)nc1NC(C)C1CCC1. The molecule has 1 aliphatic carbocycles. The molecule has 102 valence electrons. The standard InChI is InChI=1S/C14H25N3O/c1-11-10-17(8-5-9-18-3)14(15-11)16-12(2)13-6-4-7-13/h10,12-13H,4-9H2,1-3H3,(H,15,16). The monoisotopic (exact) mass is 251 g/mol. The molecule has 1 atom stereocenters. The molecule has 0 aromatic carbocycles. The molecule has 1 aromatic rings. The van der Waals surface area contributed by atoms with E-state index in [2.05, 4.69) is 28.0 Å². The zero-order chi connectivity index (χ0) is 13.0. The van der Waals surface area contributed by atoms with Crippen LogP contribution in [0, 0.1) is 12.8 Å². The summed E-state index contributed by atoms with van der Waals surface area (Å²) in [7, 11) is 1.75. The number of imidazole rings is 1. The van der Waals surface area contributed by atoms with Gasteiger partial charge in [-0.15, -0.1) is 0 Å². The van der Waals surface area contributed by atoms with Crippen LogP contribution in [0.5, 0.6) is 0 Å². The molecule has 1 aliphatic rings. The van der Waals surface area contributed by atoms with E-state index in [1.807, 2.05) is 6.92 Å². The van der Waals surface area contributed by atoms with Crippen LogP contribution in [0.4, 0.5) is 5.95 Å². The van der Waals surface area contributed by atoms with Gasteiger partial charge < -0.3 is 14.6 Å². The fourth-order valence-corrected chi connectivity index (χ4v) is 2.47. The largest absolute Gasteiger partial charge is 0.385 e. The predicted octanol–water partition coefficient (Wildman–Crippen LogP) is 2.83. The molecule has 4 heteroatoms. The Kier molecular flexibility index (Phi) is 4.64. The van der Waals surface area contributed by atoms with Crippen LogP contribution in [-0.2, 0) is 11.3 Å². The Labute approximate surface area is 110 Å². The summed E-state index contributed by atoms with van der Waals surface area (Å²) < 4.78 is 7.31. The summed E-state index contributed by atoms with van der Waals surface area (Å²) in [6, 6.07) is 0.529. The molecule has 0 bridgehead atoms. The van der Waals surface area contributed by atoms with Gasteiger partial charge in [-0.3, -0.25) is 0 Å². The van der Waals surface area contributed by atoms with E-state index in [0.29, 0.717) is 6.04 Å². The third kappa shape index (κ3) is 3.25. The van der Waals surface area contributed by atoms with E-state index in [-0.39, 0.29) is 0 Å². The van der Waals surface area contributed by atoms with Crippen LogP contribution < -0.4 is 5.32 Å². The average molecular weight is 251 g/mol. The Hall–Kier alpha value is -1.03. The summed E-state index contributed by atoms with van der Waals surface area (Å²) in [5.41, 5.74) is 1.08. The lowest BCUT2D eigenvalue weighted by molar-refractivity contribution is 0.190. The first-order chi connectivity index (χ1) is 8.70. The molecule has 4 nitrogen and oxygen atoms in total. The van der Waals surface area contributed by atoms with Crippen molar-refractivity contribution in [1.29, 1.82) is 0 Å². The van der Waals surface area contributed by atoms with E-state index in [9.17, 15) is 0 Å². The number of anilines is 1.